The third-order valence-corrected chi connectivity index (χ3v) is 3.68. The van der Waals surface area contributed by atoms with Crippen LogP contribution < -0.4 is 10.6 Å². The first-order valence-electron chi connectivity index (χ1n) is 6.53. The molecule has 5 heteroatoms. The van der Waals surface area contributed by atoms with Crippen molar-refractivity contribution in [2.24, 2.45) is 0 Å². The lowest BCUT2D eigenvalue weighted by Gasteiger charge is -2.12. The molecule has 0 aliphatic carbocycles. The molecule has 0 spiro atoms. The molecule has 0 saturated carbocycles. The second-order valence-electron chi connectivity index (χ2n) is 4.46. The number of carbonyl (C=O) groups is 1. The van der Waals surface area contributed by atoms with Crippen LogP contribution in [0.25, 0.3) is 0 Å². The van der Waals surface area contributed by atoms with Crippen LogP contribution in [-0.2, 0) is 6.42 Å². The van der Waals surface area contributed by atoms with E-state index in [2.05, 4.69) is 17.6 Å². The molecular formula is C15H18N2O2S. The van der Waals surface area contributed by atoms with Gasteiger partial charge in [-0.25, -0.2) is 4.79 Å². The first-order valence-corrected chi connectivity index (χ1v) is 7.47. The third-order valence-electron chi connectivity index (χ3n) is 2.98. The van der Waals surface area contributed by atoms with E-state index in [9.17, 15) is 9.90 Å². The molecule has 4 nitrogen and oxygen atoms in total. The van der Waals surface area contributed by atoms with Crippen molar-refractivity contribution in [2.45, 2.75) is 19.4 Å². The van der Waals surface area contributed by atoms with Crippen molar-refractivity contribution in [1.82, 2.24) is 5.32 Å². The Labute approximate surface area is 122 Å². The number of carbonyl (C=O) groups excluding carboxylic acids is 1. The molecule has 1 aromatic heterocycles. The standard InChI is InChI=1S/C15H18N2O2S/c1-2-11-4-3-5-13(8-11)17-15(19)16-9-14(18)12-6-7-20-10-12/h3-8,10,14,18H,2,9H2,1H3,(H2,16,17,19). The van der Waals surface area contributed by atoms with Gasteiger partial charge in [-0.1, -0.05) is 19.1 Å². The Morgan fingerprint density at radius 2 is 2.25 bits per heavy atom. The summed E-state index contributed by atoms with van der Waals surface area (Å²) in [6, 6.07) is 9.24. The van der Waals surface area contributed by atoms with Gasteiger partial charge in [-0.15, -0.1) is 0 Å². The number of urea groups is 1. The second kappa shape index (κ2) is 7.07. The number of aliphatic hydroxyl groups excluding tert-OH is 1. The average Bonchev–Trinajstić information content (AvgIpc) is 2.99. The van der Waals surface area contributed by atoms with Gasteiger partial charge in [-0.05, 0) is 46.5 Å². The highest BCUT2D eigenvalue weighted by molar-refractivity contribution is 7.07. The molecule has 0 bridgehead atoms. The molecule has 0 aliphatic heterocycles. The Morgan fingerprint density at radius 1 is 1.40 bits per heavy atom. The van der Waals surface area contributed by atoms with Crippen LogP contribution in [0.1, 0.15) is 24.2 Å². The van der Waals surface area contributed by atoms with Gasteiger partial charge in [0.05, 0.1) is 6.10 Å². The Morgan fingerprint density at radius 3 is 2.95 bits per heavy atom. The van der Waals surface area contributed by atoms with Crippen LogP contribution in [0.5, 0.6) is 0 Å². The molecule has 2 amide bonds. The Kier molecular flexibility index (Phi) is 5.15. The van der Waals surface area contributed by atoms with E-state index < -0.39 is 6.10 Å². The molecule has 2 rings (SSSR count). The molecule has 20 heavy (non-hydrogen) atoms. The van der Waals surface area contributed by atoms with Crippen molar-refractivity contribution in [3.63, 3.8) is 0 Å². The summed E-state index contributed by atoms with van der Waals surface area (Å²) >= 11 is 1.52. The summed E-state index contributed by atoms with van der Waals surface area (Å²) in [6.45, 7) is 2.26. The predicted octanol–water partition coefficient (Wildman–Crippen LogP) is 3.17. The van der Waals surface area contributed by atoms with Gasteiger partial charge < -0.3 is 15.7 Å². The van der Waals surface area contributed by atoms with Gasteiger partial charge >= 0.3 is 6.03 Å². The minimum atomic E-state index is -0.672. The molecule has 0 aliphatic rings. The number of nitrogens with one attached hydrogen (secondary N) is 2. The summed E-state index contributed by atoms with van der Waals surface area (Å²) in [5.74, 6) is 0. The number of benzene rings is 1. The Bertz CT molecular complexity index is 555. The lowest BCUT2D eigenvalue weighted by molar-refractivity contribution is 0.175. The van der Waals surface area contributed by atoms with Crippen molar-refractivity contribution in [2.75, 3.05) is 11.9 Å². The van der Waals surface area contributed by atoms with Gasteiger partial charge in [0.1, 0.15) is 0 Å². The van der Waals surface area contributed by atoms with E-state index in [-0.39, 0.29) is 12.6 Å². The molecule has 0 radical (unpaired) electrons. The topological polar surface area (TPSA) is 61.4 Å². The molecule has 1 aromatic carbocycles. The molecule has 0 fully saturated rings. The summed E-state index contributed by atoms with van der Waals surface area (Å²) in [7, 11) is 0. The fourth-order valence-corrected chi connectivity index (χ4v) is 2.52. The summed E-state index contributed by atoms with van der Waals surface area (Å²) in [4.78, 5) is 11.8. The van der Waals surface area contributed by atoms with E-state index in [1.54, 1.807) is 0 Å². The van der Waals surface area contributed by atoms with Crippen molar-refractivity contribution >= 4 is 23.1 Å². The number of hydrogen-bond acceptors (Lipinski definition) is 3. The van der Waals surface area contributed by atoms with Crippen molar-refractivity contribution in [3.05, 3.63) is 52.2 Å². The van der Waals surface area contributed by atoms with Gasteiger partial charge in [0.25, 0.3) is 0 Å². The number of hydrogen-bond donors (Lipinski definition) is 3. The molecule has 2 aromatic rings. The van der Waals surface area contributed by atoms with Crippen LogP contribution in [-0.4, -0.2) is 17.7 Å². The first kappa shape index (κ1) is 14.6. The van der Waals surface area contributed by atoms with Gasteiger partial charge in [0, 0.05) is 12.2 Å². The minimum absolute atomic E-state index is 0.191. The smallest absolute Gasteiger partial charge is 0.319 e. The minimum Gasteiger partial charge on any atom is -0.387 e. The number of anilines is 1. The predicted molar refractivity (Wildman–Crippen MR) is 82.1 cm³/mol. The fraction of sp³-hybridized carbons (Fsp3) is 0.267. The van der Waals surface area contributed by atoms with Gasteiger partial charge in [-0.2, -0.15) is 11.3 Å². The normalized spacial score (nSPS) is 11.9. The van der Waals surface area contributed by atoms with Crippen LogP contribution in [0, 0.1) is 0 Å². The van der Waals surface area contributed by atoms with Crippen molar-refractivity contribution in [1.29, 1.82) is 0 Å². The van der Waals surface area contributed by atoms with Crippen LogP contribution in [0.15, 0.2) is 41.1 Å². The molecule has 3 N–H and O–H groups in total. The number of thiophene rings is 1. The first-order chi connectivity index (χ1) is 9.69. The van der Waals surface area contributed by atoms with Crippen molar-refractivity contribution < 1.29 is 9.90 Å². The SMILES string of the molecule is CCc1cccc(NC(=O)NCC(O)c2ccsc2)c1. The van der Waals surface area contributed by atoms with E-state index in [0.29, 0.717) is 0 Å². The molecular weight excluding hydrogens is 272 g/mol. The van der Waals surface area contributed by atoms with Crippen molar-refractivity contribution in [3.8, 4) is 0 Å². The third kappa shape index (κ3) is 4.08. The Balaban J connectivity index is 1.83. The number of aliphatic hydroxyl groups is 1. The molecule has 0 saturated heterocycles. The molecule has 1 heterocycles. The monoisotopic (exact) mass is 290 g/mol. The lowest BCUT2D eigenvalue weighted by atomic mass is 10.1. The Hall–Kier alpha value is -1.85. The summed E-state index contributed by atoms with van der Waals surface area (Å²) < 4.78 is 0. The second-order valence-corrected chi connectivity index (χ2v) is 5.24. The van der Waals surface area contributed by atoms with Crippen LogP contribution in [0.2, 0.25) is 0 Å². The zero-order valence-electron chi connectivity index (χ0n) is 11.3. The lowest BCUT2D eigenvalue weighted by Crippen LogP contribution is -2.32. The molecule has 1 unspecified atom stereocenters. The maximum absolute atomic E-state index is 11.8. The summed E-state index contributed by atoms with van der Waals surface area (Å²) in [6.07, 6.45) is 0.252. The maximum Gasteiger partial charge on any atom is 0.319 e. The van der Waals surface area contributed by atoms with Gasteiger partial charge in [0.15, 0.2) is 0 Å². The largest absolute Gasteiger partial charge is 0.387 e. The van der Waals surface area contributed by atoms with E-state index in [1.807, 2.05) is 41.1 Å². The van der Waals surface area contributed by atoms with E-state index in [0.717, 1.165) is 17.7 Å². The van der Waals surface area contributed by atoms with Crippen LogP contribution in [0.3, 0.4) is 0 Å². The zero-order chi connectivity index (χ0) is 14.4. The summed E-state index contributed by atoms with van der Waals surface area (Å²) in [5.41, 5.74) is 2.75. The highest BCUT2D eigenvalue weighted by Crippen LogP contribution is 2.15. The molecule has 106 valence electrons. The van der Waals surface area contributed by atoms with Crippen LogP contribution >= 0.6 is 11.3 Å². The highest BCUT2D eigenvalue weighted by atomic mass is 32.1. The number of aryl methyl sites for hydroxylation is 1. The quantitative estimate of drug-likeness (QED) is 0.792. The fourth-order valence-electron chi connectivity index (χ4n) is 1.82. The van der Waals surface area contributed by atoms with E-state index in [4.69, 9.17) is 0 Å². The average molecular weight is 290 g/mol. The molecule has 1 atom stereocenters. The highest BCUT2D eigenvalue weighted by Gasteiger charge is 2.09. The van der Waals surface area contributed by atoms with Gasteiger partial charge in [-0.3, -0.25) is 0 Å². The summed E-state index contributed by atoms with van der Waals surface area (Å²) in [5, 5.41) is 19.1. The maximum atomic E-state index is 11.8. The zero-order valence-corrected chi connectivity index (χ0v) is 12.1. The van der Waals surface area contributed by atoms with E-state index >= 15 is 0 Å². The van der Waals surface area contributed by atoms with Crippen LogP contribution in [0.4, 0.5) is 10.5 Å². The number of amides is 2. The number of rotatable bonds is 5. The van der Waals surface area contributed by atoms with Gasteiger partial charge in [0.2, 0.25) is 0 Å². The van der Waals surface area contributed by atoms with E-state index in [1.165, 1.54) is 16.9 Å².